The quantitative estimate of drug-likeness (QED) is 0.787. The summed E-state index contributed by atoms with van der Waals surface area (Å²) in [6, 6.07) is 18.3. The fourth-order valence-electron chi connectivity index (χ4n) is 3.50. The molecule has 2 bridgehead atoms. The lowest BCUT2D eigenvalue weighted by Crippen LogP contribution is -2.52. The van der Waals surface area contributed by atoms with E-state index in [0.717, 1.165) is 29.3 Å². The molecule has 3 heterocycles. The average Bonchev–Trinajstić information content (AvgIpc) is 2.63. The maximum atomic E-state index is 6.22. The summed E-state index contributed by atoms with van der Waals surface area (Å²) in [5.74, 6) is 8.09. The van der Waals surface area contributed by atoms with Crippen LogP contribution in [0.4, 0.5) is 0 Å². The molecule has 0 saturated carbocycles. The van der Waals surface area contributed by atoms with Crippen molar-refractivity contribution in [3.8, 4) is 17.6 Å². The van der Waals surface area contributed by atoms with Gasteiger partial charge in [-0.2, -0.15) is 0 Å². The van der Waals surface area contributed by atoms with Crippen LogP contribution in [-0.2, 0) is 0 Å². The van der Waals surface area contributed by atoms with Gasteiger partial charge in [0.2, 0.25) is 0 Å². The molecule has 0 amide bonds. The summed E-state index contributed by atoms with van der Waals surface area (Å²) in [5.41, 5.74) is 2.07. The number of ether oxygens (including phenoxy) is 1. The Hall–Kier alpha value is -2.24. The topological polar surface area (TPSA) is 12.5 Å². The lowest BCUT2D eigenvalue weighted by molar-refractivity contribution is -0.00775. The van der Waals surface area contributed by atoms with Crippen LogP contribution in [0.2, 0.25) is 0 Å². The number of piperidine rings is 3. The van der Waals surface area contributed by atoms with Crippen molar-refractivity contribution in [3.63, 3.8) is 0 Å². The molecule has 116 valence electrons. The van der Waals surface area contributed by atoms with Crippen LogP contribution in [0.5, 0.6) is 5.75 Å². The monoisotopic (exact) mass is 303 g/mol. The van der Waals surface area contributed by atoms with Crippen molar-refractivity contribution >= 4 is 0 Å². The third-order valence-corrected chi connectivity index (χ3v) is 4.86. The van der Waals surface area contributed by atoms with Crippen molar-refractivity contribution in [2.45, 2.75) is 18.9 Å². The molecule has 0 spiro atoms. The Bertz CT molecular complexity index is 703. The summed E-state index contributed by atoms with van der Waals surface area (Å²) < 4.78 is 6.22. The third kappa shape index (κ3) is 3.41. The molecule has 1 unspecified atom stereocenters. The van der Waals surface area contributed by atoms with Gasteiger partial charge in [-0.3, -0.25) is 4.90 Å². The molecule has 2 heteroatoms. The van der Waals surface area contributed by atoms with Gasteiger partial charge in [-0.25, -0.2) is 0 Å². The van der Waals surface area contributed by atoms with E-state index in [0.29, 0.717) is 6.10 Å². The molecule has 0 aromatic heterocycles. The lowest BCUT2D eigenvalue weighted by atomic mass is 9.86. The number of fused-ring (bicyclic) bond motifs is 3. The lowest BCUT2D eigenvalue weighted by Gasteiger charge is -2.44. The smallest absolute Gasteiger partial charge is 0.119 e. The minimum absolute atomic E-state index is 0.360. The van der Waals surface area contributed by atoms with Gasteiger partial charge in [-0.1, -0.05) is 30.0 Å². The van der Waals surface area contributed by atoms with Gasteiger partial charge in [-0.15, -0.1) is 0 Å². The van der Waals surface area contributed by atoms with Crippen LogP contribution in [0, 0.1) is 17.8 Å². The molecule has 2 nitrogen and oxygen atoms in total. The standard InChI is InChI=1S/C21H21NO/c1-2-4-17(5-3-1)6-7-18-8-10-20(11-9-18)23-21-16-22-14-12-19(21)13-15-22/h1-5,8-11,19,21H,12-16H2. The molecule has 2 aromatic rings. The zero-order valence-electron chi connectivity index (χ0n) is 13.2. The van der Waals surface area contributed by atoms with Gasteiger partial charge < -0.3 is 4.74 Å². The third-order valence-electron chi connectivity index (χ3n) is 4.86. The van der Waals surface area contributed by atoms with E-state index < -0.39 is 0 Å². The predicted molar refractivity (Wildman–Crippen MR) is 92.4 cm³/mol. The molecule has 3 fully saturated rings. The second-order valence-electron chi connectivity index (χ2n) is 6.43. The highest BCUT2D eigenvalue weighted by molar-refractivity contribution is 5.44. The van der Waals surface area contributed by atoms with E-state index >= 15 is 0 Å². The van der Waals surface area contributed by atoms with Gasteiger partial charge >= 0.3 is 0 Å². The molecule has 0 radical (unpaired) electrons. The summed E-state index contributed by atoms with van der Waals surface area (Å²) in [6.45, 7) is 3.58. The van der Waals surface area contributed by atoms with Crippen molar-refractivity contribution in [2.75, 3.05) is 19.6 Å². The largest absolute Gasteiger partial charge is 0.489 e. The Morgan fingerprint density at radius 3 is 2.09 bits per heavy atom. The summed E-state index contributed by atoms with van der Waals surface area (Å²) in [5, 5.41) is 0. The van der Waals surface area contributed by atoms with Gasteiger partial charge in [0.15, 0.2) is 0 Å². The molecule has 23 heavy (non-hydrogen) atoms. The van der Waals surface area contributed by atoms with Gasteiger partial charge in [0.1, 0.15) is 11.9 Å². The molecule has 3 aliphatic rings. The van der Waals surface area contributed by atoms with E-state index in [1.54, 1.807) is 0 Å². The molecule has 3 saturated heterocycles. The van der Waals surface area contributed by atoms with Crippen molar-refractivity contribution in [2.24, 2.45) is 5.92 Å². The summed E-state index contributed by atoms with van der Waals surface area (Å²) >= 11 is 0. The van der Waals surface area contributed by atoms with Crippen LogP contribution in [0.3, 0.4) is 0 Å². The molecule has 3 aliphatic heterocycles. The van der Waals surface area contributed by atoms with Crippen molar-refractivity contribution in [3.05, 3.63) is 65.7 Å². The molecule has 2 aromatic carbocycles. The number of nitrogens with zero attached hydrogens (tertiary/aromatic N) is 1. The molecular weight excluding hydrogens is 282 g/mol. The minimum atomic E-state index is 0.360. The molecule has 0 aliphatic carbocycles. The van der Waals surface area contributed by atoms with E-state index in [-0.39, 0.29) is 0 Å². The highest BCUT2D eigenvalue weighted by Crippen LogP contribution is 2.30. The maximum absolute atomic E-state index is 6.22. The van der Waals surface area contributed by atoms with Crippen LogP contribution >= 0.6 is 0 Å². The summed E-state index contributed by atoms with van der Waals surface area (Å²) in [4.78, 5) is 2.52. The van der Waals surface area contributed by atoms with Crippen LogP contribution in [-0.4, -0.2) is 30.6 Å². The van der Waals surface area contributed by atoms with Crippen LogP contribution in [0.25, 0.3) is 0 Å². The van der Waals surface area contributed by atoms with E-state index in [1.807, 2.05) is 54.6 Å². The van der Waals surface area contributed by atoms with E-state index in [2.05, 4.69) is 16.7 Å². The van der Waals surface area contributed by atoms with E-state index in [9.17, 15) is 0 Å². The molecule has 5 rings (SSSR count). The van der Waals surface area contributed by atoms with Crippen molar-refractivity contribution in [1.29, 1.82) is 0 Å². The fourth-order valence-corrected chi connectivity index (χ4v) is 3.50. The highest BCUT2D eigenvalue weighted by Gasteiger charge is 2.35. The molecule has 0 N–H and O–H groups in total. The maximum Gasteiger partial charge on any atom is 0.119 e. The van der Waals surface area contributed by atoms with Crippen LogP contribution in [0.15, 0.2) is 54.6 Å². The SMILES string of the molecule is C(#Cc1ccc(OC2CN3CCC2CC3)cc1)c1ccccc1. The second kappa shape index (κ2) is 6.48. The van der Waals surface area contributed by atoms with Gasteiger partial charge in [0, 0.05) is 17.7 Å². The first-order chi connectivity index (χ1) is 11.4. The van der Waals surface area contributed by atoms with Crippen LogP contribution in [0.1, 0.15) is 24.0 Å². The normalized spacial score (nSPS) is 25.5. The first-order valence-corrected chi connectivity index (χ1v) is 8.43. The fraction of sp³-hybridized carbons (Fsp3) is 0.333. The summed E-state index contributed by atoms with van der Waals surface area (Å²) in [7, 11) is 0. The first-order valence-electron chi connectivity index (χ1n) is 8.43. The molecular formula is C21H21NO. The minimum Gasteiger partial charge on any atom is -0.489 e. The Balaban J connectivity index is 1.41. The molecule has 1 atom stereocenters. The number of benzene rings is 2. The number of hydrogen-bond acceptors (Lipinski definition) is 2. The van der Waals surface area contributed by atoms with Crippen LogP contribution < -0.4 is 4.74 Å². The Morgan fingerprint density at radius 1 is 0.826 bits per heavy atom. The van der Waals surface area contributed by atoms with Gasteiger partial charge in [-0.05, 0) is 68.2 Å². The number of hydrogen-bond donors (Lipinski definition) is 0. The Labute approximate surface area is 138 Å². The predicted octanol–water partition coefficient (Wildman–Crippen LogP) is 3.56. The van der Waals surface area contributed by atoms with Crippen molar-refractivity contribution in [1.82, 2.24) is 4.90 Å². The van der Waals surface area contributed by atoms with Crippen molar-refractivity contribution < 1.29 is 4.74 Å². The van der Waals surface area contributed by atoms with E-state index in [1.165, 1.54) is 25.9 Å². The highest BCUT2D eigenvalue weighted by atomic mass is 16.5. The zero-order chi connectivity index (χ0) is 15.5. The van der Waals surface area contributed by atoms with Gasteiger partial charge in [0.05, 0.1) is 0 Å². The Kier molecular flexibility index (Phi) is 4.05. The Morgan fingerprint density at radius 2 is 1.48 bits per heavy atom. The zero-order valence-corrected chi connectivity index (χ0v) is 13.2. The first kappa shape index (κ1) is 14.4. The second-order valence-corrected chi connectivity index (χ2v) is 6.43. The summed E-state index contributed by atoms with van der Waals surface area (Å²) in [6.07, 6.45) is 2.93. The van der Waals surface area contributed by atoms with Gasteiger partial charge in [0.25, 0.3) is 0 Å². The van der Waals surface area contributed by atoms with E-state index in [4.69, 9.17) is 4.74 Å². The average molecular weight is 303 g/mol. The number of rotatable bonds is 2.